The number of carbonyl (C=O) groups excluding carboxylic acids is 1. The van der Waals surface area contributed by atoms with Gasteiger partial charge in [-0.2, -0.15) is 0 Å². The third-order valence-electron chi connectivity index (χ3n) is 5.25. The molecule has 4 rings (SSSR count). The van der Waals surface area contributed by atoms with Crippen LogP contribution in [-0.2, 0) is 9.53 Å². The van der Waals surface area contributed by atoms with Crippen molar-refractivity contribution < 1.29 is 19.4 Å². The highest BCUT2D eigenvalue weighted by atomic mass is 79.9. The average molecular weight is 486 g/mol. The second kappa shape index (κ2) is 9.02. The largest absolute Gasteiger partial charge is 0.481 e. The van der Waals surface area contributed by atoms with Crippen LogP contribution < -0.4 is 5.32 Å². The molecule has 0 bridgehead atoms. The van der Waals surface area contributed by atoms with Gasteiger partial charge in [-0.05, 0) is 50.3 Å². The van der Waals surface area contributed by atoms with Crippen molar-refractivity contribution in [1.82, 2.24) is 5.32 Å². The number of hydrogen-bond acceptors (Lipinski definition) is 4. The minimum atomic E-state index is -0.904. The molecule has 30 heavy (non-hydrogen) atoms. The number of thiophene rings is 1. The number of ether oxygens (including phenoxy) is 1. The van der Waals surface area contributed by atoms with Gasteiger partial charge in [-0.25, -0.2) is 4.79 Å². The van der Waals surface area contributed by atoms with Crippen molar-refractivity contribution >= 4 is 39.3 Å². The summed E-state index contributed by atoms with van der Waals surface area (Å²) in [5.74, 6) is -1.22. The van der Waals surface area contributed by atoms with E-state index in [2.05, 4.69) is 45.5 Å². The van der Waals surface area contributed by atoms with Crippen LogP contribution in [0, 0.1) is 0 Å². The zero-order chi connectivity index (χ0) is 21.1. The smallest absolute Gasteiger partial charge is 0.407 e. The second-order valence-corrected chi connectivity index (χ2v) is 9.64. The number of fused-ring (bicyclic) bond motifs is 3. The molecule has 1 atom stereocenters. The molecule has 0 radical (unpaired) electrons. The van der Waals surface area contributed by atoms with Crippen molar-refractivity contribution in [1.29, 1.82) is 0 Å². The van der Waals surface area contributed by atoms with E-state index in [0.717, 1.165) is 19.8 Å². The zero-order valence-electron chi connectivity index (χ0n) is 16.0. The number of hydrogen-bond donors (Lipinski definition) is 2. The van der Waals surface area contributed by atoms with Crippen LogP contribution in [0.15, 0.2) is 64.5 Å². The first-order valence-electron chi connectivity index (χ1n) is 9.59. The van der Waals surface area contributed by atoms with Crippen molar-refractivity contribution in [2.45, 2.75) is 18.3 Å². The number of carboxylic acid groups (broad SMARTS) is 1. The molecule has 1 unspecified atom stereocenters. The van der Waals surface area contributed by atoms with E-state index < -0.39 is 12.1 Å². The molecule has 5 nitrogen and oxygen atoms in total. The van der Waals surface area contributed by atoms with Gasteiger partial charge in [0.25, 0.3) is 0 Å². The van der Waals surface area contributed by atoms with Crippen LogP contribution in [0.25, 0.3) is 11.1 Å². The molecule has 2 N–H and O–H groups in total. The SMILES string of the molecule is O=C(O)CC(CNC(=O)OCC1c2ccccc2-c2ccccc21)c1ccc(Br)s1. The number of rotatable bonds is 7. The lowest BCUT2D eigenvalue weighted by Crippen LogP contribution is -2.30. The van der Waals surface area contributed by atoms with Crippen LogP contribution in [0.5, 0.6) is 0 Å². The van der Waals surface area contributed by atoms with Gasteiger partial charge in [-0.1, -0.05) is 48.5 Å². The summed E-state index contributed by atoms with van der Waals surface area (Å²) >= 11 is 4.86. The summed E-state index contributed by atoms with van der Waals surface area (Å²) in [4.78, 5) is 24.5. The van der Waals surface area contributed by atoms with Crippen molar-refractivity contribution in [3.05, 3.63) is 80.5 Å². The Morgan fingerprint density at radius 1 is 1.03 bits per heavy atom. The van der Waals surface area contributed by atoms with Crippen molar-refractivity contribution in [2.24, 2.45) is 0 Å². The fourth-order valence-corrected chi connectivity index (χ4v) is 5.41. The lowest BCUT2D eigenvalue weighted by Gasteiger charge is -2.17. The van der Waals surface area contributed by atoms with Gasteiger partial charge in [-0.3, -0.25) is 4.79 Å². The molecule has 0 fully saturated rings. The van der Waals surface area contributed by atoms with E-state index in [0.29, 0.717) is 0 Å². The molecule has 0 saturated carbocycles. The first kappa shape index (κ1) is 20.6. The van der Waals surface area contributed by atoms with Gasteiger partial charge in [0.05, 0.1) is 10.2 Å². The van der Waals surface area contributed by atoms with E-state index in [1.165, 1.54) is 22.5 Å². The summed E-state index contributed by atoms with van der Waals surface area (Å²) < 4.78 is 6.46. The van der Waals surface area contributed by atoms with Crippen molar-refractivity contribution in [3.8, 4) is 11.1 Å². The highest BCUT2D eigenvalue weighted by Gasteiger charge is 2.29. The Kier molecular flexibility index (Phi) is 6.20. The predicted molar refractivity (Wildman–Crippen MR) is 120 cm³/mol. The molecule has 1 heterocycles. The number of alkyl carbamates (subject to hydrolysis) is 1. The van der Waals surface area contributed by atoms with Gasteiger partial charge in [0.2, 0.25) is 0 Å². The molecule has 0 spiro atoms. The molecule has 0 aliphatic heterocycles. The number of benzene rings is 2. The van der Waals surface area contributed by atoms with Gasteiger partial charge in [0.1, 0.15) is 6.61 Å². The van der Waals surface area contributed by atoms with E-state index in [4.69, 9.17) is 4.74 Å². The molecule has 3 aromatic rings. The average Bonchev–Trinajstić information content (AvgIpc) is 3.31. The molecule has 1 amide bonds. The summed E-state index contributed by atoms with van der Waals surface area (Å²) in [6.45, 7) is 0.434. The molecule has 1 aliphatic rings. The van der Waals surface area contributed by atoms with Gasteiger partial charge >= 0.3 is 12.1 Å². The van der Waals surface area contributed by atoms with Gasteiger partial charge in [0, 0.05) is 23.3 Å². The molecule has 2 aromatic carbocycles. The van der Waals surface area contributed by atoms with E-state index in [9.17, 15) is 14.7 Å². The summed E-state index contributed by atoms with van der Waals surface area (Å²) in [6, 6.07) is 20.1. The maximum absolute atomic E-state index is 12.4. The van der Waals surface area contributed by atoms with E-state index in [1.807, 2.05) is 36.4 Å². The standard InChI is InChI=1S/C23H20BrNO4S/c24-21-10-9-20(30-21)14(11-22(26)27)12-25-23(28)29-13-19-17-7-3-1-5-15(17)16-6-2-4-8-18(16)19/h1-10,14,19H,11-13H2,(H,25,28)(H,26,27). The van der Waals surface area contributed by atoms with Crippen LogP contribution in [0.4, 0.5) is 4.79 Å². The Bertz CT molecular complexity index is 1030. The van der Waals surface area contributed by atoms with Crippen LogP contribution in [-0.4, -0.2) is 30.3 Å². The van der Waals surface area contributed by atoms with E-state index in [1.54, 1.807) is 0 Å². The fraction of sp³-hybridized carbons (Fsp3) is 0.217. The van der Waals surface area contributed by atoms with E-state index >= 15 is 0 Å². The quantitative estimate of drug-likeness (QED) is 0.456. The lowest BCUT2D eigenvalue weighted by atomic mass is 9.98. The monoisotopic (exact) mass is 485 g/mol. The molecule has 154 valence electrons. The van der Waals surface area contributed by atoms with Gasteiger partial charge in [-0.15, -0.1) is 11.3 Å². The van der Waals surface area contributed by atoms with Crippen LogP contribution in [0.2, 0.25) is 0 Å². The Balaban J connectivity index is 1.39. The number of carboxylic acids is 1. The Morgan fingerprint density at radius 2 is 1.67 bits per heavy atom. The highest BCUT2D eigenvalue weighted by Crippen LogP contribution is 2.44. The maximum Gasteiger partial charge on any atom is 0.407 e. The third-order valence-corrected chi connectivity index (χ3v) is 7.04. The van der Waals surface area contributed by atoms with Crippen LogP contribution in [0.1, 0.15) is 34.3 Å². The Morgan fingerprint density at radius 3 is 2.23 bits per heavy atom. The first-order chi connectivity index (χ1) is 14.5. The normalized spacial score (nSPS) is 13.4. The predicted octanol–water partition coefficient (Wildman–Crippen LogP) is 5.61. The van der Waals surface area contributed by atoms with Gasteiger partial charge < -0.3 is 15.2 Å². The number of aliphatic carboxylic acids is 1. The lowest BCUT2D eigenvalue weighted by molar-refractivity contribution is -0.137. The minimum Gasteiger partial charge on any atom is -0.481 e. The number of halogens is 1. The molecule has 1 aliphatic carbocycles. The van der Waals surface area contributed by atoms with E-state index in [-0.39, 0.29) is 31.4 Å². The summed E-state index contributed by atoms with van der Waals surface area (Å²) in [6.07, 6.45) is -0.598. The van der Waals surface area contributed by atoms with Crippen molar-refractivity contribution in [3.63, 3.8) is 0 Å². The highest BCUT2D eigenvalue weighted by molar-refractivity contribution is 9.11. The number of carbonyl (C=O) groups is 2. The molecule has 7 heteroatoms. The topological polar surface area (TPSA) is 75.6 Å². The molecular formula is C23H20BrNO4S. The zero-order valence-corrected chi connectivity index (χ0v) is 18.4. The Hall–Kier alpha value is -2.64. The molecule has 0 saturated heterocycles. The molecular weight excluding hydrogens is 466 g/mol. The summed E-state index contributed by atoms with van der Waals surface area (Å²) in [5, 5.41) is 11.9. The van der Waals surface area contributed by atoms with Crippen molar-refractivity contribution in [2.75, 3.05) is 13.2 Å². The number of amides is 1. The summed E-state index contributed by atoms with van der Waals surface area (Å²) in [7, 11) is 0. The summed E-state index contributed by atoms with van der Waals surface area (Å²) in [5.41, 5.74) is 4.65. The van der Waals surface area contributed by atoms with Crippen LogP contribution >= 0.6 is 27.3 Å². The maximum atomic E-state index is 12.4. The molecule has 1 aromatic heterocycles. The van der Waals surface area contributed by atoms with Gasteiger partial charge in [0.15, 0.2) is 0 Å². The minimum absolute atomic E-state index is 0.00813. The number of nitrogens with one attached hydrogen (secondary N) is 1. The van der Waals surface area contributed by atoms with Crippen LogP contribution in [0.3, 0.4) is 0 Å². The Labute approximate surface area is 186 Å². The second-order valence-electron chi connectivity index (χ2n) is 7.14. The first-order valence-corrected chi connectivity index (χ1v) is 11.2. The third kappa shape index (κ3) is 4.42. The fourth-order valence-electron chi connectivity index (χ4n) is 3.89.